The van der Waals surface area contributed by atoms with Crippen molar-refractivity contribution in [3.63, 3.8) is 0 Å². The number of aromatic nitrogens is 1. The van der Waals surface area contributed by atoms with E-state index in [1.54, 1.807) is 24.3 Å². The number of nitrogens with zero attached hydrogens (tertiary/aromatic N) is 2. The monoisotopic (exact) mass is 316 g/mol. The molecule has 2 heterocycles. The highest BCUT2D eigenvalue weighted by Crippen LogP contribution is 2.32. The molecule has 4 nitrogen and oxygen atoms in total. The molecule has 0 aliphatic carbocycles. The van der Waals surface area contributed by atoms with Gasteiger partial charge in [0, 0.05) is 10.7 Å². The highest BCUT2D eigenvalue weighted by atomic mass is 79.9. The molecule has 0 radical (unpaired) electrons. The van der Waals surface area contributed by atoms with Crippen LogP contribution in [0.25, 0.3) is 0 Å². The van der Waals surface area contributed by atoms with Gasteiger partial charge < -0.3 is 0 Å². The van der Waals surface area contributed by atoms with Gasteiger partial charge in [-0.1, -0.05) is 22.0 Å². The average molecular weight is 317 g/mol. The number of pyridine rings is 1. The van der Waals surface area contributed by atoms with Gasteiger partial charge in [0.25, 0.3) is 11.8 Å². The summed E-state index contributed by atoms with van der Waals surface area (Å²) in [5.41, 5.74) is 2.00. The Kier molecular flexibility index (Phi) is 2.71. The van der Waals surface area contributed by atoms with Crippen LogP contribution >= 0.6 is 15.9 Å². The smallest absolute Gasteiger partial charge is 0.268 e. The van der Waals surface area contributed by atoms with Gasteiger partial charge in [0.05, 0.1) is 11.3 Å². The van der Waals surface area contributed by atoms with Gasteiger partial charge in [-0.3, -0.25) is 14.6 Å². The summed E-state index contributed by atoms with van der Waals surface area (Å²) in [6, 6.07) is 8.69. The number of carbonyl (C=O) groups is 2. The van der Waals surface area contributed by atoms with Gasteiger partial charge in [-0.25, -0.2) is 4.90 Å². The number of imide groups is 1. The van der Waals surface area contributed by atoms with Crippen LogP contribution in [0.3, 0.4) is 0 Å². The lowest BCUT2D eigenvalue weighted by Crippen LogP contribution is -2.30. The summed E-state index contributed by atoms with van der Waals surface area (Å²) in [5, 5.41) is 0. The molecule has 0 unspecified atom stereocenters. The maximum atomic E-state index is 12.3. The second kappa shape index (κ2) is 4.28. The lowest BCUT2D eigenvalue weighted by Gasteiger charge is -2.16. The Balaban J connectivity index is 2.17. The lowest BCUT2D eigenvalue weighted by atomic mass is 10.2. The standard InChI is InChI=1S/C14H9BrN2O2/c1-8-10(15)5-2-6-11(8)17-13(18)9-4-3-7-16-12(9)14(17)19/h2-7H,1H3. The first-order valence-corrected chi connectivity index (χ1v) is 6.49. The van der Waals surface area contributed by atoms with E-state index in [1.807, 2.05) is 13.0 Å². The zero-order chi connectivity index (χ0) is 13.6. The van der Waals surface area contributed by atoms with Crippen molar-refractivity contribution in [3.8, 4) is 0 Å². The molecule has 94 valence electrons. The predicted molar refractivity (Wildman–Crippen MR) is 74.3 cm³/mol. The van der Waals surface area contributed by atoms with Crippen molar-refractivity contribution in [2.24, 2.45) is 0 Å². The van der Waals surface area contributed by atoms with Crippen molar-refractivity contribution < 1.29 is 9.59 Å². The van der Waals surface area contributed by atoms with Crippen LogP contribution in [0, 0.1) is 6.92 Å². The van der Waals surface area contributed by atoms with Gasteiger partial charge in [-0.05, 0) is 36.8 Å². The minimum absolute atomic E-state index is 0.215. The van der Waals surface area contributed by atoms with Crippen LogP contribution < -0.4 is 4.90 Å². The Morgan fingerprint density at radius 3 is 2.63 bits per heavy atom. The zero-order valence-electron chi connectivity index (χ0n) is 10.1. The molecular weight excluding hydrogens is 308 g/mol. The minimum atomic E-state index is -0.373. The fourth-order valence-corrected chi connectivity index (χ4v) is 2.48. The van der Waals surface area contributed by atoms with Crippen LogP contribution in [0.5, 0.6) is 0 Å². The summed E-state index contributed by atoms with van der Waals surface area (Å²) in [7, 11) is 0. The third-order valence-electron chi connectivity index (χ3n) is 3.13. The van der Waals surface area contributed by atoms with Crippen LogP contribution in [-0.2, 0) is 0 Å². The van der Waals surface area contributed by atoms with E-state index >= 15 is 0 Å². The number of benzene rings is 1. The van der Waals surface area contributed by atoms with Crippen molar-refractivity contribution >= 4 is 33.4 Å². The number of hydrogen-bond acceptors (Lipinski definition) is 3. The van der Waals surface area contributed by atoms with Gasteiger partial charge in [0.1, 0.15) is 5.69 Å². The summed E-state index contributed by atoms with van der Waals surface area (Å²) in [4.78, 5) is 29.8. The molecule has 0 saturated heterocycles. The van der Waals surface area contributed by atoms with Gasteiger partial charge >= 0.3 is 0 Å². The number of fused-ring (bicyclic) bond motifs is 1. The molecule has 3 rings (SSSR count). The third kappa shape index (κ3) is 1.69. The van der Waals surface area contributed by atoms with E-state index in [0.29, 0.717) is 11.3 Å². The molecule has 1 aromatic heterocycles. The van der Waals surface area contributed by atoms with Crippen LogP contribution in [0.1, 0.15) is 26.4 Å². The summed E-state index contributed by atoms with van der Waals surface area (Å²) in [5.74, 6) is -0.698. The molecular formula is C14H9BrN2O2. The summed E-state index contributed by atoms with van der Waals surface area (Å²) in [6.45, 7) is 1.86. The van der Waals surface area contributed by atoms with Crippen molar-refractivity contribution in [1.82, 2.24) is 4.98 Å². The maximum Gasteiger partial charge on any atom is 0.284 e. The first-order valence-electron chi connectivity index (χ1n) is 5.70. The Labute approximate surface area is 118 Å². The topological polar surface area (TPSA) is 50.3 Å². The molecule has 1 aliphatic rings. The summed E-state index contributed by atoms with van der Waals surface area (Å²) >= 11 is 3.40. The lowest BCUT2D eigenvalue weighted by molar-refractivity contribution is 0.0924. The van der Waals surface area contributed by atoms with E-state index in [-0.39, 0.29) is 17.5 Å². The first-order chi connectivity index (χ1) is 9.11. The quantitative estimate of drug-likeness (QED) is 0.760. The number of halogens is 1. The van der Waals surface area contributed by atoms with E-state index < -0.39 is 0 Å². The van der Waals surface area contributed by atoms with Gasteiger partial charge in [-0.2, -0.15) is 0 Å². The van der Waals surface area contributed by atoms with Crippen LogP contribution in [0.2, 0.25) is 0 Å². The normalized spacial score (nSPS) is 13.9. The second-order valence-electron chi connectivity index (χ2n) is 4.23. The molecule has 2 amide bonds. The van der Waals surface area contributed by atoms with Crippen LogP contribution in [0.15, 0.2) is 41.0 Å². The number of rotatable bonds is 1. The van der Waals surface area contributed by atoms with Crippen molar-refractivity contribution in [2.45, 2.75) is 6.92 Å². The summed E-state index contributed by atoms with van der Waals surface area (Å²) < 4.78 is 0.856. The summed E-state index contributed by atoms with van der Waals surface area (Å²) in [6.07, 6.45) is 1.52. The molecule has 0 saturated carbocycles. The van der Waals surface area contributed by atoms with Crippen molar-refractivity contribution in [1.29, 1.82) is 0 Å². The predicted octanol–water partition coefficient (Wildman–Crippen LogP) is 2.95. The number of anilines is 1. The minimum Gasteiger partial charge on any atom is -0.268 e. The fourth-order valence-electron chi connectivity index (χ4n) is 2.12. The van der Waals surface area contributed by atoms with Gasteiger partial charge in [0.15, 0.2) is 0 Å². The fraction of sp³-hybridized carbons (Fsp3) is 0.0714. The van der Waals surface area contributed by atoms with Gasteiger partial charge in [0.2, 0.25) is 0 Å². The molecule has 1 aliphatic heterocycles. The van der Waals surface area contributed by atoms with Crippen molar-refractivity contribution in [3.05, 3.63) is 57.8 Å². The Morgan fingerprint density at radius 1 is 1.11 bits per heavy atom. The molecule has 0 fully saturated rings. The highest BCUT2D eigenvalue weighted by molar-refractivity contribution is 9.10. The third-order valence-corrected chi connectivity index (χ3v) is 3.99. The van der Waals surface area contributed by atoms with E-state index in [4.69, 9.17) is 0 Å². The molecule has 2 aromatic rings. The molecule has 0 N–H and O–H groups in total. The number of carbonyl (C=O) groups excluding carboxylic acids is 2. The molecule has 0 bridgehead atoms. The Bertz CT molecular complexity index is 677. The zero-order valence-corrected chi connectivity index (χ0v) is 11.6. The molecule has 0 spiro atoms. The molecule has 1 aromatic carbocycles. The van der Waals surface area contributed by atoms with E-state index in [9.17, 15) is 9.59 Å². The second-order valence-corrected chi connectivity index (χ2v) is 5.08. The SMILES string of the molecule is Cc1c(Br)cccc1N1C(=O)c2cccnc2C1=O. The molecule has 0 atom stereocenters. The first kappa shape index (κ1) is 12.0. The average Bonchev–Trinajstić information content (AvgIpc) is 2.67. The van der Waals surface area contributed by atoms with E-state index in [2.05, 4.69) is 20.9 Å². The molecule has 5 heteroatoms. The van der Waals surface area contributed by atoms with Crippen LogP contribution in [-0.4, -0.2) is 16.8 Å². The van der Waals surface area contributed by atoms with E-state index in [1.165, 1.54) is 11.1 Å². The van der Waals surface area contributed by atoms with Gasteiger partial charge in [-0.15, -0.1) is 0 Å². The highest BCUT2D eigenvalue weighted by Gasteiger charge is 2.38. The number of hydrogen-bond donors (Lipinski definition) is 0. The maximum absolute atomic E-state index is 12.3. The number of amides is 2. The Morgan fingerprint density at radius 2 is 1.89 bits per heavy atom. The largest absolute Gasteiger partial charge is 0.284 e. The Hall–Kier alpha value is -2.01. The van der Waals surface area contributed by atoms with Crippen molar-refractivity contribution in [2.75, 3.05) is 4.90 Å². The van der Waals surface area contributed by atoms with E-state index in [0.717, 1.165) is 10.0 Å². The van der Waals surface area contributed by atoms with Crippen LogP contribution in [0.4, 0.5) is 5.69 Å². The molecule has 19 heavy (non-hydrogen) atoms.